The van der Waals surface area contributed by atoms with Crippen LogP contribution in [-0.2, 0) is 11.2 Å². The third kappa shape index (κ3) is 4.47. The van der Waals surface area contributed by atoms with Crippen LogP contribution in [0.5, 0.6) is 0 Å². The molecule has 0 aliphatic rings. The van der Waals surface area contributed by atoms with Crippen molar-refractivity contribution in [2.24, 2.45) is 0 Å². The normalized spacial score (nSPS) is 11.1. The van der Waals surface area contributed by atoms with Crippen LogP contribution in [0.3, 0.4) is 0 Å². The Morgan fingerprint density at radius 1 is 1.33 bits per heavy atom. The van der Waals surface area contributed by atoms with E-state index in [1.165, 1.54) is 5.56 Å². The van der Waals surface area contributed by atoms with Gasteiger partial charge in [0, 0.05) is 6.42 Å². The lowest BCUT2D eigenvalue weighted by Gasteiger charge is -2.03. The highest BCUT2D eigenvalue weighted by Crippen LogP contribution is 2.08. The van der Waals surface area contributed by atoms with Crippen LogP contribution in [0.2, 0.25) is 0 Å². The Bertz CT molecular complexity index is 315. The van der Waals surface area contributed by atoms with Gasteiger partial charge in [-0.05, 0) is 11.1 Å². The van der Waals surface area contributed by atoms with Crippen LogP contribution in [0.1, 0.15) is 5.56 Å². The van der Waals surface area contributed by atoms with Crippen LogP contribution >= 0.6 is 0 Å². The summed E-state index contributed by atoms with van der Waals surface area (Å²) in [4.78, 5) is 0. The van der Waals surface area contributed by atoms with E-state index in [4.69, 9.17) is 9.84 Å². The number of hydrogen-bond acceptors (Lipinski definition) is 2. The molecule has 1 rings (SSSR count). The molecule has 80 valence electrons. The lowest BCUT2D eigenvalue weighted by Crippen LogP contribution is -1.95. The first-order valence-corrected chi connectivity index (χ1v) is 4.94. The summed E-state index contributed by atoms with van der Waals surface area (Å²) in [5.41, 5.74) is 2.23. The number of aliphatic hydroxyl groups excluding tert-OH is 1. The molecule has 1 N–H and O–H groups in total. The topological polar surface area (TPSA) is 29.5 Å². The average Bonchev–Trinajstić information content (AvgIpc) is 2.29. The number of ether oxygens (including phenoxy) is 1. The van der Waals surface area contributed by atoms with E-state index in [0.29, 0.717) is 6.61 Å². The van der Waals surface area contributed by atoms with Crippen molar-refractivity contribution >= 4 is 0 Å². The summed E-state index contributed by atoms with van der Waals surface area (Å²) in [6.45, 7) is 4.08. The number of benzene rings is 1. The Kier molecular flexibility index (Phi) is 5.26. The third-order valence-electron chi connectivity index (χ3n) is 1.96. The number of aliphatic hydroxyl groups is 1. The lowest BCUT2D eigenvalue weighted by molar-refractivity contribution is 0.165. The van der Waals surface area contributed by atoms with Crippen molar-refractivity contribution in [3.63, 3.8) is 0 Å². The molecule has 0 aliphatic carbocycles. The summed E-state index contributed by atoms with van der Waals surface area (Å²) >= 11 is 0. The van der Waals surface area contributed by atoms with Crippen molar-refractivity contribution in [1.82, 2.24) is 0 Å². The highest BCUT2D eigenvalue weighted by atomic mass is 16.5. The molecule has 1 aromatic rings. The summed E-state index contributed by atoms with van der Waals surface area (Å²) in [5, 5.41) is 8.56. The molecule has 0 saturated carbocycles. The van der Waals surface area contributed by atoms with Crippen molar-refractivity contribution in [3.8, 4) is 0 Å². The van der Waals surface area contributed by atoms with Gasteiger partial charge in [-0.3, -0.25) is 0 Å². The predicted octanol–water partition coefficient (Wildman–Crippen LogP) is 2.31. The number of allylic oxidation sites excluding steroid dienone is 2. The zero-order chi connectivity index (χ0) is 10.9. The maximum atomic E-state index is 8.56. The van der Waals surface area contributed by atoms with Gasteiger partial charge in [0.15, 0.2) is 0 Å². The second-order valence-electron chi connectivity index (χ2n) is 3.15. The molecule has 2 heteroatoms. The van der Waals surface area contributed by atoms with Crippen LogP contribution < -0.4 is 0 Å². The molecule has 0 unspecified atom stereocenters. The molecular formula is C13H16O2. The summed E-state index contributed by atoms with van der Waals surface area (Å²) < 4.78 is 5.12. The van der Waals surface area contributed by atoms with Crippen LogP contribution in [0.25, 0.3) is 0 Å². The fourth-order valence-electron chi connectivity index (χ4n) is 1.21. The quantitative estimate of drug-likeness (QED) is 0.437. The molecule has 2 nitrogen and oxygen atoms in total. The maximum absolute atomic E-state index is 8.56. The van der Waals surface area contributed by atoms with Crippen molar-refractivity contribution in [1.29, 1.82) is 0 Å². The summed E-state index contributed by atoms with van der Waals surface area (Å²) in [5.74, 6) is 0. The van der Waals surface area contributed by atoms with Gasteiger partial charge < -0.3 is 9.84 Å². The zero-order valence-corrected chi connectivity index (χ0v) is 8.73. The minimum Gasteiger partial charge on any atom is -0.499 e. The fraction of sp³-hybridized carbons (Fsp3) is 0.231. The van der Waals surface area contributed by atoms with Gasteiger partial charge in [-0.15, -0.1) is 0 Å². The molecule has 15 heavy (non-hydrogen) atoms. The van der Waals surface area contributed by atoms with Crippen molar-refractivity contribution in [2.75, 3.05) is 13.2 Å². The smallest absolute Gasteiger partial charge is 0.110 e. The summed E-state index contributed by atoms with van der Waals surface area (Å²) in [7, 11) is 0. The third-order valence-corrected chi connectivity index (χ3v) is 1.96. The van der Waals surface area contributed by atoms with Crippen molar-refractivity contribution in [2.45, 2.75) is 6.42 Å². The first kappa shape index (κ1) is 11.5. The van der Waals surface area contributed by atoms with E-state index in [9.17, 15) is 0 Å². The molecule has 0 bridgehead atoms. The number of hydrogen-bond donors (Lipinski definition) is 1. The molecule has 0 fully saturated rings. The van der Waals surface area contributed by atoms with E-state index in [0.717, 1.165) is 12.0 Å². The van der Waals surface area contributed by atoms with Gasteiger partial charge in [0.2, 0.25) is 0 Å². The van der Waals surface area contributed by atoms with E-state index >= 15 is 0 Å². The Balaban J connectivity index is 2.54. The van der Waals surface area contributed by atoms with Crippen LogP contribution in [0.15, 0.2) is 54.8 Å². The second-order valence-corrected chi connectivity index (χ2v) is 3.15. The SMILES string of the molecule is C=CC(=COCCO)Cc1ccccc1. The zero-order valence-electron chi connectivity index (χ0n) is 8.73. The highest BCUT2D eigenvalue weighted by molar-refractivity contribution is 5.26. The van der Waals surface area contributed by atoms with Gasteiger partial charge in [0.05, 0.1) is 12.9 Å². The summed E-state index contributed by atoms with van der Waals surface area (Å²) in [6.07, 6.45) is 4.22. The standard InChI is InChI=1S/C13H16O2/c1-2-12(11-15-9-8-14)10-13-6-4-3-5-7-13/h2-7,11,14H,1,8-10H2. The Morgan fingerprint density at radius 2 is 2.07 bits per heavy atom. The van der Waals surface area contributed by atoms with E-state index in [1.54, 1.807) is 12.3 Å². The molecule has 0 saturated heterocycles. The molecule has 1 aromatic carbocycles. The van der Waals surface area contributed by atoms with E-state index in [1.807, 2.05) is 18.2 Å². The largest absolute Gasteiger partial charge is 0.499 e. The lowest BCUT2D eigenvalue weighted by atomic mass is 10.1. The van der Waals surface area contributed by atoms with Gasteiger partial charge in [-0.25, -0.2) is 0 Å². The first-order chi connectivity index (χ1) is 7.36. The molecule has 0 amide bonds. The van der Waals surface area contributed by atoms with Crippen LogP contribution in [0, 0.1) is 0 Å². The molecular weight excluding hydrogens is 188 g/mol. The number of rotatable bonds is 6. The van der Waals surface area contributed by atoms with Gasteiger partial charge in [-0.2, -0.15) is 0 Å². The van der Waals surface area contributed by atoms with Crippen LogP contribution in [-0.4, -0.2) is 18.3 Å². The van der Waals surface area contributed by atoms with Gasteiger partial charge in [-0.1, -0.05) is 43.0 Å². The minimum absolute atomic E-state index is 0.0340. The van der Waals surface area contributed by atoms with Gasteiger partial charge in [0.25, 0.3) is 0 Å². The van der Waals surface area contributed by atoms with Gasteiger partial charge in [0.1, 0.15) is 6.61 Å². The van der Waals surface area contributed by atoms with E-state index in [-0.39, 0.29) is 6.61 Å². The van der Waals surface area contributed by atoms with Crippen molar-refractivity contribution < 1.29 is 9.84 Å². The second kappa shape index (κ2) is 6.85. The predicted molar refractivity (Wildman–Crippen MR) is 61.5 cm³/mol. The molecule has 0 aliphatic heterocycles. The van der Waals surface area contributed by atoms with E-state index < -0.39 is 0 Å². The molecule has 0 radical (unpaired) electrons. The minimum atomic E-state index is 0.0340. The summed E-state index contributed by atoms with van der Waals surface area (Å²) in [6, 6.07) is 10.1. The molecule has 0 atom stereocenters. The molecule has 0 spiro atoms. The molecule has 0 heterocycles. The first-order valence-electron chi connectivity index (χ1n) is 4.94. The highest BCUT2D eigenvalue weighted by Gasteiger charge is 1.95. The Hall–Kier alpha value is -1.54. The van der Waals surface area contributed by atoms with Crippen molar-refractivity contribution in [3.05, 3.63) is 60.4 Å². The fourth-order valence-corrected chi connectivity index (χ4v) is 1.21. The average molecular weight is 204 g/mol. The van der Waals surface area contributed by atoms with E-state index in [2.05, 4.69) is 18.7 Å². The Morgan fingerprint density at radius 3 is 2.67 bits per heavy atom. The van der Waals surface area contributed by atoms with Crippen LogP contribution in [0.4, 0.5) is 0 Å². The monoisotopic (exact) mass is 204 g/mol. The molecule has 0 aromatic heterocycles. The maximum Gasteiger partial charge on any atom is 0.110 e. The van der Waals surface area contributed by atoms with Gasteiger partial charge >= 0.3 is 0 Å². The Labute approximate surface area is 90.5 Å².